The van der Waals surface area contributed by atoms with Crippen LogP contribution >= 0.6 is 23.2 Å². The first-order valence-corrected chi connectivity index (χ1v) is 8.75. The molecule has 2 nitrogen and oxygen atoms in total. The lowest BCUT2D eigenvalue weighted by molar-refractivity contribution is -0.130. The minimum Gasteiger partial charge on any atom is -0.332 e. The first-order valence-electron chi connectivity index (χ1n) is 7.93. The Morgan fingerprint density at radius 1 is 1.23 bits per heavy atom. The van der Waals surface area contributed by atoms with Crippen LogP contribution in [0.4, 0.5) is 0 Å². The van der Waals surface area contributed by atoms with E-state index in [1.165, 1.54) is 18.4 Å². The Balaban J connectivity index is 2.06. The van der Waals surface area contributed by atoms with Crippen LogP contribution in [-0.2, 0) is 11.3 Å². The molecule has 2 rings (SSSR count). The van der Waals surface area contributed by atoms with Crippen molar-refractivity contribution >= 4 is 29.1 Å². The Labute approximate surface area is 143 Å². The zero-order valence-corrected chi connectivity index (χ0v) is 14.5. The predicted molar refractivity (Wildman–Crippen MR) is 93.1 cm³/mol. The molecule has 1 unspecified atom stereocenters. The van der Waals surface area contributed by atoms with E-state index in [1.807, 2.05) is 30.3 Å². The molecule has 1 saturated heterocycles. The van der Waals surface area contributed by atoms with Gasteiger partial charge in [-0.05, 0) is 17.6 Å². The lowest BCUT2D eigenvalue weighted by Gasteiger charge is -2.22. The molecule has 0 aromatic heterocycles. The van der Waals surface area contributed by atoms with Gasteiger partial charge in [0, 0.05) is 18.6 Å². The van der Waals surface area contributed by atoms with Crippen LogP contribution < -0.4 is 0 Å². The summed E-state index contributed by atoms with van der Waals surface area (Å²) < 4.78 is 0. The average molecular weight is 340 g/mol. The van der Waals surface area contributed by atoms with Crippen molar-refractivity contribution in [3.8, 4) is 0 Å². The third-order valence-electron chi connectivity index (χ3n) is 4.22. The highest BCUT2D eigenvalue weighted by Gasteiger charge is 2.48. The van der Waals surface area contributed by atoms with E-state index in [0.29, 0.717) is 19.5 Å². The van der Waals surface area contributed by atoms with Gasteiger partial charge in [-0.2, -0.15) is 0 Å². The van der Waals surface area contributed by atoms with Crippen molar-refractivity contribution in [3.63, 3.8) is 0 Å². The van der Waals surface area contributed by atoms with Gasteiger partial charge in [-0.1, -0.05) is 74.5 Å². The number of carbonyl (C=O) groups is 1. The maximum atomic E-state index is 12.8. The third kappa shape index (κ3) is 3.85. The van der Waals surface area contributed by atoms with Crippen molar-refractivity contribution in [1.82, 2.24) is 4.90 Å². The molecule has 0 aliphatic carbocycles. The summed E-state index contributed by atoms with van der Waals surface area (Å²) in [5, 5.41) is 0. The molecule has 0 spiro atoms. The van der Waals surface area contributed by atoms with E-state index in [0.717, 1.165) is 24.0 Å². The average Bonchev–Trinajstić information content (AvgIpc) is 2.77. The van der Waals surface area contributed by atoms with E-state index in [-0.39, 0.29) is 5.91 Å². The molecule has 0 radical (unpaired) electrons. The fraction of sp³-hybridized carbons (Fsp3) is 0.500. The van der Waals surface area contributed by atoms with Crippen LogP contribution in [-0.4, -0.2) is 22.2 Å². The van der Waals surface area contributed by atoms with Crippen molar-refractivity contribution in [2.24, 2.45) is 0 Å². The molecule has 1 heterocycles. The minimum absolute atomic E-state index is 0.0126. The summed E-state index contributed by atoms with van der Waals surface area (Å²) in [6.45, 7) is 3.27. The van der Waals surface area contributed by atoms with Gasteiger partial charge in [0.15, 0.2) is 0 Å². The summed E-state index contributed by atoms with van der Waals surface area (Å²) in [6, 6.07) is 9.97. The Bertz CT molecular complexity index is 529. The second-order valence-corrected chi connectivity index (χ2v) is 6.76. The molecule has 1 aliphatic heterocycles. The minimum atomic E-state index is -0.940. The molecule has 0 bridgehead atoms. The quantitative estimate of drug-likeness (QED) is 0.499. The van der Waals surface area contributed by atoms with Crippen molar-refractivity contribution in [2.75, 3.05) is 6.54 Å². The lowest BCUT2D eigenvalue weighted by atomic mass is 9.95. The highest BCUT2D eigenvalue weighted by atomic mass is 35.5. The number of carbonyl (C=O) groups excluding carboxylic acids is 1. The van der Waals surface area contributed by atoms with E-state index in [4.69, 9.17) is 23.2 Å². The number of nitrogens with zero attached hydrogens (tertiary/aromatic N) is 1. The van der Waals surface area contributed by atoms with Crippen LogP contribution in [0, 0.1) is 0 Å². The summed E-state index contributed by atoms with van der Waals surface area (Å²) >= 11 is 12.6. The molecule has 1 atom stereocenters. The topological polar surface area (TPSA) is 20.3 Å². The smallest absolute Gasteiger partial charge is 0.248 e. The number of hydrogen-bond acceptors (Lipinski definition) is 1. The van der Waals surface area contributed by atoms with Gasteiger partial charge in [-0.3, -0.25) is 4.79 Å². The summed E-state index contributed by atoms with van der Waals surface area (Å²) in [5.41, 5.74) is 3.43. The number of likely N-dealkylation sites (tertiary alicyclic amines) is 1. The van der Waals surface area contributed by atoms with Crippen molar-refractivity contribution in [2.45, 2.75) is 50.4 Å². The predicted octanol–water partition coefficient (Wildman–Crippen LogP) is 5.10. The van der Waals surface area contributed by atoms with Gasteiger partial charge < -0.3 is 4.90 Å². The second-order valence-electron chi connectivity index (χ2n) is 5.89. The Hall–Kier alpha value is -0.990. The van der Waals surface area contributed by atoms with Gasteiger partial charge in [-0.15, -0.1) is 11.6 Å². The van der Waals surface area contributed by atoms with Crippen LogP contribution in [0.3, 0.4) is 0 Å². The summed E-state index contributed by atoms with van der Waals surface area (Å²) in [7, 11) is 0. The Morgan fingerprint density at radius 2 is 1.95 bits per heavy atom. The van der Waals surface area contributed by atoms with E-state index < -0.39 is 4.87 Å². The molecular weight excluding hydrogens is 317 g/mol. The Morgan fingerprint density at radius 3 is 2.59 bits per heavy atom. The second kappa shape index (κ2) is 8.03. The molecule has 4 heteroatoms. The maximum absolute atomic E-state index is 12.8. The normalized spacial score (nSPS) is 23.5. The zero-order chi connectivity index (χ0) is 16.0. The van der Waals surface area contributed by atoms with Crippen LogP contribution in [0.25, 0.3) is 0 Å². The van der Waals surface area contributed by atoms with Crippen LogP contribution in [0.1, 0.15) is 44.6 Å². The summed E-state index contributed by atoms with van der Waals surface area (Å²) in [5.74, 6) is -0.0126. The number of halogens is 2. The van der Waals surface area contributed by atoms with E-state index in [1.54, 1.807) is 4.90 Å². The molecule has 0 saturated carbocycles. The van der Waals surface area contributed by atoms with E-state index in [9.17, 15) is 4.79 Å². The highest BCUT2D eigenvalue weighted by molar-refractivity contribution is 6.39. The highest BCUT2D eigenvalue weighted by Crippen LogP contribution is 2.40. The zero-order valence-electron chi connectivity index (χ0n) is 13.0. The number of rotatable bonds is 7. The van der Waals surface area contributed by atoms with E-state index in [2.05, 4.69) is 6.92 Å². The van der Waals surface area contributed by atoms with Gasteiger partial charge in [-0.25, -0.2) is 0 Å². The summed E-state index contributed by atoms with van der Waals surface area (Å²) in [6.07, 6.45) is 5.07. The van der Waals surface area contributed by atoms with Crippen LogP contribution in [0.2, 0.25) is 0 Å². The number of unbranched alkanes of at least 4 members (excludes halogenated alkanes) is 3. The molecule has 120 valence electrons. The fourth-order valence-corrected chi connectivity index (χ4v) is 3.58. The van der Waals surface area contributed by atoms with Crippen LogP contribution in [0.5, 0.6) is 0 Å². The standard InChI is InChI=1S/C18H23Cl2NO/c1-2-3-4-8-11-18(20)16(12-19)14-21(17(18)22)13-15-9-6-5-7-10-15/h5-7,9-10,12H,2-4,8,11,13-14H2,1H3/b16-12+. The third-order valence-corrected chi connectivity index (χ3v) is 5.08. The fourth-order valence-electron chi connectivity index (χ4n) is 2.91. The van der Waals surface area contributed by atoms with Gasteiger partial charge >= 0.3 is 0 Å². The van der Waals surface area contributed by atoms with Gasteiger partial charge in [0.2, 0.25) is 5.91 Å². The van der Waals surface area contributed by atoms with Gasteiger partial charge in [0.1, 0.15) is 4.87 Å². The number of amides is 1. The largest absolute Gasteiger partial charge is 0.332 e. The van der Waals surface area contributed by atoms with E-state index >= 15 is 0 Å². The SMILES string of the molecule is CCCCCCC1(Cl)C(=O)N(Cc2ccccc2)C/C1=C\Cl. The number of alkyl halides is 1. The molecular formula is C18H23Cl2NO. The first kappa shape index (κ1) is 17.4. The Kier molecular flexibility index (Phi) is 6.34. The maximum Gasteiger partial charge on any atom is 0.248 e. The molecule has 1 fully saturated rings. The number of hydrogen-bond donors (Lipinski definition) is 0. The lowest BCUT2D eigenvalue weighted by Crippen LogP contribution is -2.35. The molecule has 1 aliphatic rings. The molecule has 1 amide bonds. The first-order chi connectivity index (χ1) is 10.6. The van der Waals surface area contributed by atoms with Crippen molar-refractivity contribution in [3.05, 3.63) is 47.0 Å². The van der Waals surface area contributed by atoms with Gasteiger partial charge in [0.25, 0.3) is 0 Å². The number of benzene rings is 1. The molecule has 1 aromatic carbocycles. The van der Waals surface area contributed by atoms with Crippen molar-refractivity contribution < 1.29 is 4.79 Å². The van der Waals surface area contributed by atoms with Crippen molar-refractivity contribution in [1.29, 1.82) is 0 Å². The molecule has 1 aromatic rings. The van der Waals surface area contributed by atoms with Gasteiger partial charge in [0.05, 0.1) is 0 Å². The molecule has 0 N–H and O–H groups in total. The monoisotopic (exact) mass is 339 g/mol. The van der Waals surface area contributed by atoms with Crippen LogP contribution in [0.15, 0.2) is 41.4 Å². The summed E-state index contributed by atoms with van der Waals surface area (Å²) in [4.78, 5) is 13.6. The molecule has 22 heavy (non-hydrogen) atoms.